The van der Waals surface area contributed by atoms with Crippen molar-refractivity contribution in [2.75, 3.05) is 5.32 Å². The number of nitriles is 1. The first-order valence-electron chi connectivity index (χ1n) is 6.05. The standard InChI is InChI=1S/C14H14ClN3S/c1-3-10-8-17-14(19-10)9(2)18-13-6-4-5-12(15)11(13)7-16/h4-6,8-9,18H,3H2,1-2H3. The number of thiazole rings is 1. The van der Waals surface area contributed by atoms with Crippen LogP contribution >= 0.6 is 22.9 Å². The number of benzene rings is 1. The molecule has 0 aliphatic carbocycles. The molecule has 5 heteroatoms. The maximum Gasteiger partial charge on any atom is 0.115 e. The Kier molecular flexibility index (Phi) is 4.41. The first-order valence-corrected chi connectivity index (χ1v) is 7.25. The molecule has 1 aromatic heterocycles. The van der Waals surface area contributed by atoms with Crippen molar-refractivity contribution in [1.82, 2.24) is 4.98 Å². The van der Waals surface area contributed by atoms with Crippen LogP contribution in [0.25, 0.3) is 0 Å². The number of halogens is 1. The fourth-order valence-electron chi connectivity index (χ4n) is 1.74. The molecule has 0 saturated heterocycles. The summed E-state index contributed by atoms with van der Waals surface area (Å²) in [6, 6.07) is 7.58. The van der Waals surface area contributed by atoms with E-state index >= 15 is 0 Å². The number of nitrogens with zero attached hydrogens (tertiary/aromatic N) is 2. The maximum atomic E-state index is 9.14. The summed E-state index contributed by atoms with van der Waals surface area (Å²) in [6.07, 6.45) is 2.90. The van der Waals surface area contributed by atoms with Crippen molar-refractivity contribution in [3.05, 3.63) is 44.9 Å². The highest BCUT2D eigenvalue weighted by Gasteiger charge is 2.13. The van der Waals surface area contributed by atoms with Crippen LogP contribution in [0.4, 0.5) is 5.69 Å². The van der Waals surface area contributed by atoms with Gasteiger partial charge in [0, 0.05) is 11.1 Å². The van der Waals surface area contributed by atoms with E-state index in [4.69, 9.17) is 16.9 Å². The van der Waals surface area contributed by atoms with Crippen LogP contribution in [0.15, 0.2) is 24.4 Å². The van der Waals surface area contributed by atoms with Crippen LogP contribution in [0.5, 0.6) is 0 Å². The summed E-state index contributed by atoms with van der Waals surface area (Å²) in [5, 5.41) is 13.9. The highest BCUT2D eigenvalue weighted by molar-refractivity contribution is 7.11. The number of aryl methyl sites for hydroxylation is 1. The van der Waals surface area contributed by atoms with Crippen LogP contribution < -0.4 is 5.32 Å². The zero-order valence-electron chi connectivity index (χ0n) is 10.8. The molecular weight excluding hydrogens is 278 g/mol. The minimum absolute atomic E-state index is 0.0517. The average Bonchev–Trinajstić information content (AvgIpc) is 2.88. The van der Waals surface area contributed by atoms with Gasteiger partial charge in [-0.05, 0) is 25.5 Å². The molecule has 0 fully saturated rings. The van der Waals surface area contributed by atoms with Crippen LogP contribution in [0.1, 0.15) is 35.3 Å². The molecule has 0 aliphatic heterocycles. The van der Waals surface area contributed by atoms with E-state index in [9.17, 15) is 0 Å². The molecule has 98 valence electrons. The highest BCUT2D eigenvalue weighted by Crippen LogP contribution is 2.28. The average molecular weight is 292 g/mol. The van der Waals surface area contributed by atoms with E-state index in [1.54, 1.807) is 17.4 Å². The van der Waals surface area contributed by atoms with Crippen molar-refractivity contribution in [3.8, 4) is 6.07 Å². The summed E-state index contributed by atoms with van der Waals surface area (Å²) in [6.45, 7) is 4.14. The van der Waals surface area contributed by atoms with E-state index in [0.717, 1.165) is 17.1 Å². The van der Waals surface area contributed by atoms with Gasteiger partial charge >= 0.3 is 0 Å². The molecule has 1 unspecified atom stereocenters. The number of anilines is 1. The van der Waals surface area contributed by atoms with Crippen molar-refractivity contribution in [2.24, 2.45) is 0 Å². The number of hydrogen-bond donors (Lipinski definition) is 1. The van der Waals surface area contributed by atoms with E-state index in [0.29, 0.717) is 10.6 Å². The van der Waals surface area contributed by atoms with Crippen molar-refractivity contribution >= 4 is 28.6 Å². The number of hydrogen-bond acceptors (Lipinski definition) is 4. The minimum atomic E-state index is 0.0517. The van der Waals surface area contributed by atoms with Crippen LogP contribution in [0.3, 0.4) is 0 Å². The van der Waals surface area contributed by atoms with Crippen LogP contribution in [0.2, 0.25) is 5.02 Å². The second-order valence-electron chi connectivity index (χ2n) is 4.16. The zero-order chi connectivity index (χ0) is 13.8. The Morgan fingerprint density at radius 3 is 2.95 bits per heavy atom. The molecule has 3 nitrogen and oxygen atoms in total. The minimum Gasteiger partial charge on any atom is -0.375 e. The smallest absolute Gasteiger partial charge is 0.115 e. The molecular formula is C14H14ClN3S. The second kappa shape index (κ2) is 6.05. The van der Waals surface area contributed by atoms with E-state index in [-0.39, 0.29) is 6.04 Å². The Bertz CT molecular complexity index is 615. The van der Waals surface area contributed by atoms with Crippen LogP contribution in [0, 0.1) is 11.3 Å². The van der Waals surface area contributed by atoms with Gasteiger partial charge in [-0.1, -0.05) is 24.6 Å². The summed E-state index contributed by atoms with van der Waals surface area (Å²) in [4.78, 5) is 5.66. The van der Waals surface area contributed by atoms with Gasteiger partial charge in [0.25, 0.3) is 0 Å². The summed E-state index contributed by atoms with van der Waals surface area (Å²) in [5.74, 6) is 0. The molecule has 0 radical (unpaired) electrons. The van der Waals surface area contributed by atoms with Gasteiger partial charge in [-0.2, -0.15) is 5.26 Å². The van der Waals surface area contributed by atoms with Crippen LogP contribution in [-0.4, -0.2) is 4.98 Å². The van der Waals surface area contributed by atoms with Crippen molar-refractivity contribution in [3.63, 3.8) is 0 Å². The molecule has 1 atom stereocenters. The van der Waals surface area contributed by atoms with Gasteiger partial charge in [-0.25, -0.2) is 4.98 Å². The van der Waals surface area contributed by atoms with E-state index in [1.165, 1.54) is 4.88 Å². The number of rotatable bonds is 4. The molecule has 0 aliphatic rings. The number of aromatic nitrogens is 1. The van der Waals surface area contributed by atoms with Gasteiger partial charge in [0.05, 0.1) is 22.3 Å². The Morgan fingerprint density at radius 2 is 2.32 bits per heavy atom. The quantitative estimate of drug-likeness (QED) is 0.908. The molecule has 0 amide bonds. The Balaban J connectivity index is 2.22. The number of nitrogens with one attached hydrogen (secondary N) is 1. The van der Waals surface area contributed by atoms with Gasteiger partial charge in [0.15, 0.2) is 0 Å². The van der Waals surface area contributed by atoms with Gasteiger partial charge in [0.2, 0.25) is 0 Å². The van der Waals surface area contributed by atoms with E-state index < -0.39 is 0 Å². The third-order valence-corrected chi connectivity index (χ3v) is 4.43. The SMILES string of the molecule is CCc1cnc(C(C)Nc2cccc(Cl)c2C#N)s1. The lowest BCUT2D eigenvalue weighted by Gasteiger charge is -2.14. The summed E-state index contributed by atoms with van der Waals surface area (Å²) < 4.78 is 0. The van der Waals surface area contributed by atoms with E-state index in [1.807, 2.05) is 25.3 Å². The fourth-order valence-corrected chi connectivity index (χ4v) is 2.82. The fraction of sp³-hybridized carbons (Fsp3) is 0.286. The molecule has 19 heavy (non-hydrogen) atoms. The molecule has 2 aromatic rings. The Hall–Kier alpha value is -1.57. The summed E-state index contributed by atoms with van der Waals surface area (Å²) in [5.41, 5.74) is 1.22. The molecule has 0 spiro atoms. The lowest BCUT2D eigenvalue weighted by molar-refractivity contribution is 0.869. The first-order chi connectivity index (χ1) is 9.15. The van der Waals surface area contributed by atoms with Crippen molar-refractivity contribution < 1.29 is 0 Å². The molecule has 1 N–H and O–H groups in total. The predicted octanol–water partition coefficient (Wildman–Crippen LogP) is 4.40. The molecule has 1 heterocycles. The third kappa shape index (κ3) is 3.06. The van der Waals surface area contributed by atoms with Gasteiger partial charge in [-0.3, -0.25) is 0 Å². The topological polar surface area (TPSA) is 48.7 Å². The summed E-state index contributed by atoms with van der Waals surface area (Å²) >= 11 is 7.70. The molecule has 0 bridgehead atoms. The lowest BCUT2D eigenvalue weighted by Crippen LogP contribution is -2.07. The molecule has 2 rings (SSSR count). The predicted molar refractivity (Wildman–Crippen MR) is 79.7 cm³/mol. The van der Waals surface area contributed by atoms with Crippen molar-refractivity contribution in [2.45, 2.75) is 26.3 Å². The lowest BCUT2D eigenvalue weighted by atomic mass is 10.2. The van der Waals surface area contributed by atoms with Gasteiger partial charge < -0.3 is 5.32 Å². The Morgan fingerprint density at radius 1 is 1.53 bits per heavy atom. The monoisotopic (exact) mass is 291 g/mol. The normalized spacial score (nSPS) is 11.9. The zero-order valence-corrected chi connectivity index (χ0v) is 12.3. The largest absolute Gasteiger partial charge is 0.375 e. The molecule has 1 aromatic carbocycles. The summed E-state index contributed by atoms with van der Waals surface area (Å²) in [7, 11) is 0. The highest BCUT2D eigenvalue weighted by atomic mass is 35.5. The second-order valence-corrected chi connectivity index (χ2v) is 5.71. The molecule has 0 saturated carbocycles. The van der Waals surface area contributed by atoms with Crippen LogP contribution in [-0.2, 0) is 6.42 Å². The first kappa shape index (κ1) is 13.9. The Labute approximate surface area is 121 Å². The van der Waals surface area contributed by atoms with Gasteiger partial charge in [-0.15, -0.1) is 11.3 Å². The maximum absolute atomic E-state index is 9.14. The van der Waals surface area contributed by atoms with Gasteiger partial charge in [0.1, 0.15) is 11.1 Å². The van der Waals surface area contributed by atoms with E-state index in [2.05, 4.69) is 23.3 Å². The van der Waals surface area contributed by atoms with Crippen molar-refractivity contribution in [1.29, 1.82) is 5.26 Å². The third-order valence-electron chi connectivity index (χ3n) is 2.79.